The number of piperidine rings is 1. The summed E-state index contributed by atoms with van der Waals surface area (Å²) >= 11 is 0. The van der Waals surface area contributed by atoms with E-state index in [2.05, 4.69) is 0 Å². The van der Waals surface area contributed by atoms with Crippen molar-refractivity contribution >= 4 is 25.8 Å². The first kappa shape index (κ1) is 17.9. The maximum atomic E-state index is 12.9. The molecule has 2 rings (SSSR count). The first-order valence-corrected chi connectivity index (χ1v) is 10.4. The van der Waals surface area contributed by atoms with E-state index in [0.29, 0.717) is 18.4 Å². The van der Waals surface area contributed by atoms with Gasteiger partial charge in [0.2, 0.25) is 10.0 Å². The predicted octanol–water partition coefficient (Wildman–Crippen LogP) is 1.03. The van der Waals surface area contributed by atoms with Gasteiger partial charge in [-0.2, -0.15) is 4.31 Å². The number of carboxylic acids is 1. The second kappa shape index (κ2) is 6.21. The van der Waals surface area contributed by atoms with Crippen molar-refractivity contribution in [2.45, 2.75) is 42.0 Å². The molecule has 0 saturated carbocycles. The number of hydrogen-bond acceptors (Lipinski definition) is 5. The predicted molar refractivity (Wildman–Crippen MR) is 83.5 cm³/mol. The lowest BCUT2D eigenvalue weighted by molar-refractivity contribution is -0.142. The van der Waals surface area contributed by atoms with Crippen LogP contribution in [0, 0.1) is 6.92 Å². The van der Waals surface area contributed by atoms with Crippen LogP contribution in [-0.2, 0) is 24.7 Å². The van der Waals surface area contributed by atoms with Crippen LogP contribution in [0.1, 0.15) is 24.8 Å². The van der Waals surface area contributed by atoms with Gasteiger partial charge in [0.05, 0.1) is 9.79 Å². The van der Waals surface area contributed by atoms with Crippen molar-refractivity contribution < 1.29 is 26.7 Å². The molecule has 1 heterocycles. The minimum Gasteiger partial charge on any atom is -0.480 e. The molecule has 1 saturated heterocycles. The van der Waals surface area contributed by atoms with Gasteiger partial charge in [0.1, 0.15) is 6.04 Å². The Morgan fingerprint density at radius 2 is 1.87 bits per heavy atom. The van der Waals surface area contributed by atoms with Crippen LogP contribution in [0.2, 0.25) is 0 Å². The maximum Gasteiger partial charge on any atom is 0.322 e. The van der Waals surface area contributed by atoms with E-state index in [1.807, 2.05) is 0 Å². The molecule has 7 nitrogen and oxygen atoms in total. The molecule has 1 N–H and O–H groups in total. The zero-order valence-corrected chi connectivity index (χ0v) is 14.5. The highest BCUT2D eigenvalue weighted by Gasteiger charge is 2.38. The normalized spacial score (nSPS) is 20.3. The average molecular weight is 361 g/mol. The second-order valence-corrected chi connectivity index (χ2v) is 9.54. The smallest absolute Gasteiger partial charge is 0.322 e. The summed E-state index contributed by atoms with van der Waals surface area (Å²) in [6.07, 6.45) is 2.47. The molecule has 1 fully saturated rings. The summed E-state index contributed by atoms with van der Waals surface area (Å²) in [6.45, 7) is 1.67. The molecule has 1 aliphatic rings. The molecule has 0 aliphatic carbocycles. The first-order valence-electron chi connectivity index (χ1n) is 7.10. The third-order valence-electron chi connectivity index (χ3n) is 3.91. The van der Waals surface area contributed by atoms with Crippen LogP contribution in [0.3, 0.4) is 0 Å². The largest absolute Gasteiger partial charge is 0.480 e. The van der Waals surface area contributed by atoms with Crippen LogP contribution >= 0.6 is 0 Å². The van der Waals surface area contributed by atoms with Crippen LogP contribution in [0.25, 0.3) is 0 Å². The van der Waals surface area contributed by atoms with Crippen LogP contribution in [0.15, 0.2) is 28.0 Å². The minimum absolute atomic E-state index is 0.106. The number of benzene rings is 1. The van der Waals surface area contributed by atoms with Gasteiger partial charge in [0.25, 0.3) is 0 Å². The number of carbonyl (C=O) groups is 1. The van der Waals surface area contributed by atoms with E-state index in [0.717, 1.165) is 16.6 Å². The first-order chi connectivity index (χ1) is 10.5. The molecule has 9 heteroatoms. The SMILES string of the molecule is Cc1ccc(S(C)(=O)=O)cc1S(=O)(=O)N1CCCCC1C(=O)O. The molecule has 1 aromatic rings. The fraction of sp³-hybridized carbons (Fsp3) is 0.500. The van der Waals surface area contributed by atoms with Gasteiger partial charge in [-0.3, -0.25) is 4.79 Å². The summed E-state index contributed by atoms with van der Waals surface area (Å²) in [4.78, 5) is 11.1. The monoisotopic (exact) mass is 361 g/mol. The molecule has 0 bridgehead atoms. The number of hydrogen-bond donors (Lipinski definition) is 1. The molecule has 1 aromatic carbocycles. The summed E-state index contributed by atoms with van der Waals surface area (Å²) in [6, 6.07) is 2.75. The van der Waals surface area contributed by atoms with E-state index >= 15 is 0 Å². The second-order valence-electron chi connectivity index (χ2n) is 5.67. The Balaban J connectivity index is 2.57. The highest BCUT2D eigenvalue weighted by atomic mass is 32.2. The van der Waals surface area contributed by atoms with E-state index in [1.54, 1.807) is 6.92 Å². The highest BCUT2D eigenvalue weighted by Crippen LogP contribution is 2.28. The van der Waals surface area contributed by atoms with Gasteiger partial charge < -0.3 is 5.11 Å². The molecule has 1 unspecified atom stereocenters. The maximum absolute atomic E-state index is 12.9. The molecule has 128 valence electrons. The number of nitrogens with zero attached hydrogens (tertiary/aromatic N) is 1. The molecule has 0 spiro atoms. The Morgan fingerprint density at radius 3 is 2.43 bits per heavy atom. The van der Waals surface area contributed by atoms with E-state index in [1.165, 1.54) is 12.1 Å². The highest BCUT2D eigenvalue weighted by molar-refractivity contribution is 7.91. The molecule has 1 aliphatic heterocycles. The van der Waals surface area contributed by atoms with Crippen LogP contribution in [0.4, 0.5) is 0 Å². The topological polar surface area (TPSA) is 109 Å². The molecule has 0 amide bonds. The Bertz CT molecular complexity index is 829. The number of rotatable bonds is 4. The van der Waals surface area contributed by atoms with Gasteiger partial charge in [-0.1, -0.05) is 6.07 Å². The number of carboxylic acid groups (broad SMARTS) is 1. The van der Waals surface area contributed by atoms with Gasteiger partial charge in [-0.25, -0.2) is 16.8 Å². The van der Waals surface area contributed by atoms with Crippen molar-refractivity contribution in [3.63, 3.8) is 0 Å². The van der Waals surface area contributed by atoms with Gasteiger partial charge >= 0.3 is 5.97 Å². The van der Waals surface area contributed by atoms with Gasteiger partial charge in [0, 0.05) is 12.8 Å². The van der Waals surface area contributed by atoms with E-state index < -0.39 is 31.9 Å². The number of aliphatic carboxylic acids is 1. The van der Waals surface area contributed by atoms with Crippen molar-refractivity contribution in [3.05, 3.63) is 23.8 Å². The summed E-state index contributed by atoms with van der Waals surface area (Å²) in [7, 11) is -7.64. The van der Waals surface area contributed by atoms with E-state index in [9.17, 15) is 26.7 Å². The van der Waals surface area contributed by atoms with Gasteiger partial charge in [-0.15, -0.1) is 0 Å². The third kappa shape index (κ3) is 3.56. The van der Waals surface area contributed by atoms with Gasteiger partial charge in [0.15, 0.2) is 9.84 Å². The Hall–Kier alpha value is -1.45. The summed E-state index contributed by atoms with van der Waals surface area (Å²) < 4.78 is 50.0. The molecule has 23 heavy (non-hydrogen) atoms. The molecular formula is C14H19NO6S2. The third-order valence-corrected chi connectivity index (χ3v) is 7.07. The van der Waals surface area contributed by atoms with E-state index in [-0.39, 0.29) is 22.8 Å². The van der Waals surface area contributed by atoms with Crippen molar-refractivity contribution in [2.24, 2.45) is 0 Å². The van der Waals surface area contributed by atoms with Crippen LogP contribution < -0.4 is 0 Å². The fourth-order valence-corrected chi connectivity index (χ4v) is 5.28. The Morgan fingerprint density at radius 1 is 1.22 bits per heavy atom. The number of sulfonamides is 1. The lowest BCUT2D eigenvalue weighted by Gasteiger charge is -2.32. The van der Waals surface area contributed by atoms with Crippen LogP contribution in [0.5, 0.6) is 0 Å². The van der Waals surface area contributed by atoms with Crippen molar-refractivity contribution in [1.82, 2.24) is 4.31 Å². The van der Waals surface area contributed by atoms with Crippen molar-refractivity contribution in [1.29, 1.82) is 0 Å². The summed E-state index contributed by atoms with van der Waals surface area (Å²) in [5, 5.41) is 9.27. The minimum atomic E-state index is -4.08. The average Bonchev–Trinajstić information content (AvgIpc) is 2.46. The molecule has 0 radical (unpaired) electrons. The molecule has 0 aromatic heterocycles. The number of aryl methyl sites for hydroxylation is 1. The lowest BCUT2D eigenvalue weighted by Crippen LogP contribution is -2.48. The zero-order chi connectivity index (χ0) is 17.4. The quantitative estimate of drug-likeness (QED) is 0.858. The number of sulfone groups is 1. The molecule has 1 atom stereocenters. The van der Waals surface area contributed by atoms with Crippen LogP contribution in [-0.4, -0.2) is 51.1 Å². The Labute approximate surface area is 135 Å². The fourth-order valence-electron chi connectivity index (χ4n) is 2.65. The molecular weight excluding hydrogens is 342 g/mol. The van der Waals surface area contributed by atoms with Crippen molar-refractivity contribution in [3.8, 4) is 0 Å². The zero-order valence-electron chi connectivity index (χ0n) is 12.9. The summed E-state index contributed by atoms with van der Waals surface area (Å²) in [5.41, 5.74) is 0.382. The summed E-state index contributed by atoms with van der Waals surface area (Å²) in [5.74, 6) is -1.19. The van der Waals surface area contributed by atoms with Gasteiger partial charge in [-0.05, 0) is 43.9 Å². The lowest BCUT2D eigenvalue weighted by atomic mass is 10.1. The van der Waals surface area contributed by atoms with Crippen molar-refractivity contribution in [2.75, 3.05) is 12.8 Å². The standard InChI is InChI=1S/C14H19NO6S2/c1-10-6-7-11(22(2,18)19)9-13(10)23(20,21)15-8-4-3-5-12(15)14(16)17/h6-7,9,12H,3-5,8H2,1-2H3,(H,16,17). The Kier molecular flexibility index (Phi) is 4.84. The van der Waals surface area contributed by atoms with E-state index in [4.69, 9.17) is 0 Å².